The van der Waals surface area contributed by atoms with Gasteiger partial charge in [0.05, 0.1) is 12.7 Å². The lowest BCUT2D eigenvalue weighted by molar-refractivity contribution is -0.154. The Kier molecular flexibility index (Phi) is 4.56. The molecular formula is C23H30O4. The first-order valence-corrected chi connectivity index (χ1v) is 10.2. The second-order valence-corrected chi connectivity index (χ2v) is 8.94. The Bertz CT molecular complexity index is 783. The average Bonchev–Trinajstić information content (AvgIpc) is 2.96. The van der Waals surface area contributed by atoms with E-state index in [4.69, 9.17) is 9.47 Å². The fraction of sp³-hybridized carbons (Fsp3) is 0.652. The van der Waals surface area contributed by atoms with Crippen LogP contribution in [0.4, 0.5) is 0 Å². The van der Waals surface area contributed by atoms with Gasteiger partial charge in [-0.3, -0.25) is 9.59 Å². The second kappa shape index (κ2) is 6.65. The van der Waals surface area contributed by atoms with Crippen molar-refractivity contribution >= 4 is 11.8 Å². The van der Waals surface area contributed by atoms with E-state index >= 15 is 0 Å². The van der Waals surface area contributed by atoms with Crippen molar-refractivity contribution < 1.29 is 19.1 Å². The van der Waals surface area contributed by atoms with Gasteiger partial charge in [-0.1, -0.05) is 6.92 Å². The predicted octanol–water partition coefficient (Wildman–Crippen LogP) is 4.69. The molecular weight excluding hydrogens is 340 g/mol. The molecule has 3 aliphatic rings. The van der Waals surface area contributed by atoms with Gasteiger partial charge in [-0.25, -0.2) is 0 Å². The third-order valence-corrected chi connectivity index (χ3v) is 7.65. The molecule has 4 heteroatoms. The first-order chi connectivity index (χ1) is 12.8. The van der Waals surface area contributed by atoms with Gasteiger partial charge in [0.1, 0.15) is 11.9 Å². The summed E-state index contributed by atoms with van der Waals surface area (Å²) < 4.78 is 11.2. The number of carbonyl (C=O) groups is 2. The fourth-order valence-electron chi connectivity index (χ4n) is 6.39. The molecule has 27 heavy (non-hydrogen) atoms. The van der Waals surface area contributed by atoms with E-state index in [-0.39, 0.29) is 23.3 Å². The van der Waals surface area contributed by atoms with Gasteiger partial charge in [0.2, 0.25) is 0 Å². The number of methoxy groups -OCH3 is 1. The average molecular weight is 370 g/mol. The zero-order valence-corrected chi connectivity index (χ0v) is 16.8. The van der Waals surface area contributed by atoms with E-state index < -0.39 is 0 Å². The van der Waals surface area contributed by atoms with Gasteiger partial charge in [-0.05, 0) is 86.5 Å². The van der Waals surface area contributed by atoms with Crippen LogP contribution in [0.5, 0.6) is 5.75 Å². The number of rotatable bonds is 3. The van der Waals surface area contributed by atoms with E-state index in [1.54, 1.807) is 14.0 Å². The van der Waals surface area contributed by atoms with Crippen LogP contribution in [-0.4, -0.2) is 25.0 Å². The topological polar surface area (TPSA) is 52.6 Å². The van der Waals surface area contributed by atoms with E-state index in [0.29, 0.717) is 29.1 Å². The molecule has 5 atom stereocenters. The smallest absolute Gasteiger partial charge is 0.302 e. The van der Waals surface area contributed by atoms with Gasteiger partial charge in [-0.2, -0.15) is 0 Å². The number of fused-ring (bicyclic) bond motifs is 5. The summed E-state index contributed by atoms with van der Waals surface area (Å²) in [5, 5.41) is 0. The van der Waals surface area contributed by atoms with Crippen LogP contribution in [0.2, 0.25) is 0 Å². The number of esters is 1. The molecule has 1 aromatic carbocycles. The van der Waals surface area contributed by atoms with Crippen molar-refractivity contribution in [1.82, 2.24) is 0 Å². The molecule has 0 radical (unpaired) electrons. The van der Waals surface area contributed by atoms with Crippen molar-refractivity contribution in [2.45, 2.75) is 71.3 Å². The Morgan fingerprint density at radius 3 is 2.56 bits per heavy atom. The van der Waals surface area contributed by atoms with Crippen molar-refractivity contribution in [3.63, 3.8) is 0 Å². The molecule has 0 amide bonds. The summed E-state index contributed by atoms with van der Waals surface area (Å²) in [5.41, 5.74) is 3.50. The van der Waals surface area contributed by atoms with Crippen molar-refractivity contribution in [3.05, 3.63) is 28.8 Å². The third-order valence-electron chi connectivity index (χ3n) is 7.65. The molecule has 0 aliphatic heterocycles. The van der Waals surface area contributed by atoms with Crippen LogP contribution in [0, 0.1) is 17.3 Å². The maximum Gasteiger partial charge on any atom is 0.302 e. The van der Waals surface area contributed by atoms with Gasteiger partial charge in [-0.15, -0.1) is 0 Å². The summed E-state index contributed by atoms with van der Waals surface area (Å²) >= 11 is 0. The Morgan fingerprint density at radius 2 is 1.89 bits per heavy atom. The molecule has 0 spiro atoms. The number of hydrogen-bond donors (Lipinski definition) is 0. The van der Waals surface area contributed by atoms with Crippen LogP contribution >= 0.6 is 0 Å². The van der Waals surface area contributed by atoms with Crippen molar-refractivity contribution in [3.8, 4) is 5.75 Å². The number of benzene rings is 1. The first kappa shape index (κ1) is 18.5. The number of carbonyl (C=O) groups excluding carboxylic acids is 2. The van der Waals surface area contributed by atoms with Crippen LogP contribution < -0.4 is 4.74 Å². The predicted molar refractivity (Wildman–Crippen MR) is 103 cm³/mol. The number of hydrogen-bond acceptors (Lipinski definition) is 4. The quantitative estimate of drug-likeness (QED) is 0.572. The monoisotopic (exact) mass is 370 g/mol. The molecule has 0 N–H and O–H groups in total. The maximum atomic E-state index is 12.1. The summed E-state index contributed by atoms with van der Waals surface area (Å²) in [6.07, 6.45) is 6.58. The van der Waals surface area contributed by atoms with E-state index in [1.165, 1.54) is 24.5 Å². The summed E-state index contributed by atoms with van der Waals surface area (Å²) in [6.45, 7) is 5.47. The Morgan fingerprint density at radius 1 is 1.11 bits per heavy atom. The molecule has 146 valence electrons. The standard InChI is InChI=1S/C23H30O4/c1-13(24)18-12-19-15(11-21(18)26-4)5-6-17-16(19)9-10-23(3)20(17)7-8-22(23)27-14(2)25/h11-12,16-17,20,22H,5-10H2,1-4H3/t16-,17+,20-,22-,23-/m1/s1. The normalized spacial score (nSPS) is 34.2. The largest absolute Gasteiger partial charge is 0.496 e. The Hall–Kier alpha value is -1.84. The van der Waals surface area contributed by atoms with Gasteiger partial charge in [0.15, 0.2) is 5.78 Å². The molecule has 2 saturated carbocycles. The molecule has 0 saturated heterocycles. The van der Waals surface area contributed by atoms with Crippen LogP contribution in [0.25, 0.3) is 0 Å². The number of ether oxygens (including phenoxy) is 2. The third kappa shape index (κ3) is 2.88. The molecule has 0 heterocycles. The molecule has 0 unspecified atom stereocenters. The summed E-state index contributed by atoms with van der Waals surface area (Å²) in [4.78, 5) is 23.7. The van der Waals surface area contributed by atoms with Crippen molar-refractivity contribution in [2.24, 2.45) is 17.3 Å². The highest BCUT2D eigenvalue weighted by molar-refractivity contribution is 5.97. The molecule has 0 aromatic heterocycles. The number of aryl methyl sites for hydroxylation is 1. The van der Waals surface area contributed by atoms with E-state index in [0.717, 1.165) is 32.1 Å². The van der Waals surface area contributed by atoms with Crippen LogP contribution in [0.1, 0.15) is 80.3 Å². The van der Waals surface area contributed by atoms with Gasteiger partial charge in [0, 0.05) is 12.3 Å². The number of ketones is 1. The van der Waals surface area contributed by atoms with Gasteiger partial charge in [0.25, 0.3) is 0 Å². The minimum Gasteiger partial charge on any atom is -0.496 e. The van der Waals surface area contributed by atoms with Crippen molar-refractivity contribution in [2.75, 3.05) is 7.11 Å². The lowest BCUT2D eigenvalue weighted by Crippen LogP contribution is -2.45. The fourth-order valence-corrected chi connectivity index (χ4v) is 6.39. The highest BCUT2D eigenvalue weighted by atomic mass is 16.5. The Labute approximate surface area is 161 Å². The molecule has 3 aliphatic carbocycles. The highest BCUT2D eigenvalue weighted by Crippen LogP contribution is 2.61. The Balaban J connectivity index is 1.67. The van der Waals surface area contributed by atoms with Crippen molar-refractivity contribution in [1.29, 1.82) is 0 Å². The van der Waals surface area contributed by atoms with E-state index in [1.807, 2.05) is 0 Å². The molecule has 2 fully saturated rings. The number of Topliss-reactive ketones (excluding diaryl/α,β-unsaturated/α-hetero) is 1. The van der Waals surface area contributed by atoms with Crippen LogP contribution in [0.3, 0.4) is 0 Å². The van der Waals surface area contributed by atoms with Gasteiger partial charge >= 0.3 is 5.97 Å². The SMILES string of the molecule is COc1cc2c(cc1C(C)=O)[C@@H]1CC[C@]3(C)[C@H](CC[C@H]3OC(C)=O)[C@H]1CC2. The zero-order chi connectivity index (χ0) is 19.3. The first-order valence-electron chi connectivity index (χ1n) is 10.2. The van der Waals surface area contributed by atoms with Crippen LogP contribution in [-0.2, 0) is 16.0 Å². The molecule has 4 rings (SSSR count). The highest BCUT2D eigenvalue weighted by Gasteiger charge is 2.56. The summed E-state index contributed by atoms with van der Waals surface area (Å²) in [5.74, 6) is 2.33. The minimum absolute atomic E-state index is 0.0611. The van der Waals surface area contributed by atoms with Crippen LogP contribution in [0.15, 0.2) is 12.1 Å². The van der Waals surface area contributed by atoms with E-state index in [2.05, 4.69) is 19.1 Å². The summed E-state index contributed by atoms with van der Waals surface area (Å²) in [6, 6.07) is 4.20. The molecule has 4 nitrogen and oxygen atoms in total. The summed E-state index contributed by atoms with van der Waals surface area (Å²) in [7, 11) is 1.64. The molecule has 0 bridgehead atoms. The zero-order valence-electron chi connectivity index (χ0n) is 16.8. The van der Waals surface area contributed by atoms with Gasteiger partial charge < -0.3 is 9.47 Å². The molecule has 1 aromatic rings. The maximum absolute atomic E-state index is 12.1. The second-order valence-electron chi connectivity index (χ2n) is 8.94. The minimum atomic E-state index is -0.156. The lowest BCUT2D eigenvalue weighted by atomic mass is 9.55. The lowest BCUT2D eigenvalue weighted by Gasteiger charge is -2.50. The van der Waals surface area contributed by atoms with E-state index in [9.17, 15) is 9.59 Å².